The molecule has 10 heteroatoms. The van der Waals surface area contributed by atoms with Crippen molar-refractivity contribution in [2.75, 3.05) is 13.6 Å². The van der Waals surface area contributed by atoms with Gasteiger partial charge in [0, 0.05) is 31.3 Å². The molecule has 2 saturated heterocycles. The smallest absolute Gasteiger partial charge is 0.334 e. The van der Waals surface area contributed by atoms with Crippen molar-refractivity contribution in [3.05, 3.63) is 101 Å². The highest BCUT2D eigenvalue weighted by Gasteiger charge is 2.54. The number of phenolic OH excluding ortho intramolecular Hbond substituents is 1. The molecule has 1 aromatic heterocycles. The average Bonchev–Trinajstić information content (AvgIpc) is 3.40. The van der Waals surface area contributed by atoms with Crippen LogP contribution in [0.3, 0.4) is 0 Å². The second-order valence-electron chi connectivity index (χ2n) is 10.9. The number of piperazine rings is 1. The van der Waals surface area contributed by atoms with Crippen LogP contribution in [-0.2, 0) is 29.1 Å². The fourth-order valence-electron chi connectivity index (χ4n) is 6.02. The monoisotopic (exact) mass is 583 g/mol. The normalized spacial score (nSPS) is 21.1. The molecule has 3 heterocycles. The molecular formula is C32H33N5O4S. The lowest BCUT2D eigenvalue weighted by Gasteiger charge is -2.57. The Morgan fingerprint density at radius 2 is 1.69 bits per heavy atom. The van der Waals surface area contributed by atoms with Crippen molar-refractivity contribution >= 4 is 39.3 Å². The summed E-state index contributed by atoms with van der Waals surface area (Å²) in [5.41, 5.74) is 2.80. The SMILES string of the molecule is C[C@H]1C2N(C(=O)CN(C)N2C(=O)NCc2ccccc2)[C@@H](Cc2ccc(O)cc2)C(=O)N1Cc1csc2ccccc12. The number of fused-ring (bicyclic) bond motifs is 2. The first-order valence-corrected chi connectivity index (χ1v) is 14.9. The van der Waals surface area contributed by atoms with Crippen molar-refractivity contribution in [1.82, 2.24) is 25.1 Å². The van der Waals surface area contributed by atoms with Crippen LogP contribution in [0, 0.1) is 0 Å². The van der Waals surface area contributed by atoms with Crippen LogP contribution in [0.1, 0.15) is 23.6 Å². The lowest BCUT2D eigenvalue weighted by molar-refractivity contribution is -0.196. The first-order chi connectivity index (χ1) is 20.3. The molecule has 1 unspecified atom stereocenters. The Morgan fingerprint density at radius 1 is 0.976 bits per heavy atom. The van der Waals surface area contributed by atoms with Gasteiger partial charge in [-0.2, -0.15) is 0 Å². The van der Waals surface area contributed by atoms with Crippen LogP contribution in [0.4, 0.5) is 4.79 Å². The zero-order chi connectivity index (χ0) is 29.4. The third kappa shape index (κ3) is 5.19. The van der Waals surface area contributed by atoms with E-state index in [1.807, 2.05) is 54.3 Å². The van der Waals surface area contributed by atoms with Gasteiger partial charge in [0.15, 0.2) is 0 Å². The molecule has 2 aliphatic heterocycles. The number of carbonyl (C=O) groups is 3. The number of hydrogen-bond donors (Lipinski definition) is 2. The number of rotatable bonds is 6. The lowest BCUT2D eigenvalue weighted by atomic mass is 9.95. The minimum absolute atomic E-state index is 0.0312. The molecule has 0 bridgehead atoms. The summed E-state index contributed by atoms with van der Waals surface area (Å²) in [6.45, 7) is 2.57. The van der Waals surface area contributed by atoms with Gasteiger partial charge in [0.25, 0.3) is 0 Å². The fourth-order valence-corrected chi connectivity index (χ4v) is 6.97. The maximum atomic E-state index is 14.3. The first kappa shape index (κ1) is 27.7. The van der Waals surface area contributed by atoms with Gasteiger partial charge in [-0.1, -0.05) is 60.7 Å². The zero-order valence-corrected chi connectivity index (χ0v) is 24.3. The van der Waals surface area contributed by atoms with Crippen molar-refractivity contribution in [2.24, 2.45) is 0 Å². The van der Waals surface area contributed by atoms with Crippen LogP contribution in [0.15, 0.2) is 84.2 Å². The molecule has 2 fully saturated rings. The van der Waals surface area contributed by atoms with Crippen LogP contribution in [0.2, 0.25) is 0 Å². The van der Waals surface area contributed by atoms with Crippen molar-refractivity contribution in [3.63, 3.8) is 0 Å². The predicted molar refractivity (Wildman–Crippen MR) is 161 cm³/mol. The molecule has 3 atom stereocenters. The van der Waals surface area contributed by atoms with Crippen molar-refractivity contribution in [3.8, 4) is 5.75 Å². The number of phenols is 1. The third-order valence-corrected chi connectivity index (χ3v) is 9.16. The topological polar surface area (TPSA) is 96.4 Å². The summed E-state index contributed by atoms with van der Waals surface area (Å²) in [5, 5.41) is 19.2. The molecule has 216 valence electrons. The highest BCUT2D eigenvalue weighted by Crippen LogP contribution is 2.34. The van der Waals surface area contributed by atoms with E-state index in [4.69, 9.17) is 0 Å². The van der Waals surface area contributed by atoms with Crippen LogP contribution in [-0.4, -0.2) is 74.6 Å². The van der Waals surface area contributed by atoms with E-state index in [0.717, 1.165) is 26.8 Å². The van der Waals surface area contributed by atoms with Gasteiger partial charge in [0.1, 0.15) is 18.0 Å². The van der Waals surface area contributed by atoms with E-state index in [9.17, 15) is 19.5 Å². The van der Waals surface area contributed by atoms with E-state index in [0.29, 0.717) is 13.1 Å². The Hall–Kier alpha value is -4.41. The van der Waals surface area contributed by atoms with Gasteiger partial charge in [0.2, 0.25) is 11.8 Å². The van der Waals surface area contributed by atoms with Crippen LogP contribution in [0.5, 0.6) is 5.75 Å². The van der Waals surface area contributed by atoms with Crippen LogP contribution < -0.4 is 5.32 Å². The van der Waals surface area contributed by atoms with E-state index in [2.05, 4.69) is 22.8 Å². The minimum Gasteiger partial charge on any atom is -0.508 e. The number of amides is 4. The molecule has 4 amide bonds. The number of aromatic hydroxyl groups is 1. The molecular weight excluding hydrogens is 550 g/mol. The second kappa shape index (κ2) is 11.5. The molecule has 42 heavy (non-hydrogen) atoms. The van der Waals surface area contributed by atoms with Crippen LogP contribution in [0.25, 0.3) is 10.1 Å². The van der Waals surface area contributed by atoms with Gasteiger partial charge in [-0.3, -0.25) is 9.59 Å². The highest BCUT2D eigenvalue weighted by molar-refractivity contribution is 7.17. The van der Waals surface area contributed by atoms with Gasteiger partial charge in [-0.25, -0.2) is 14.8 Å². The predicted octanol–water partition coefficient (Wildman–Crippen LogP) is 4.18. The zero-order valence-electron chi connectivity index (χ0n) is 23.5. The Morgan fingerprint density at radius 3 is 2.45 bits per heavy atom. The molecule has 0 radical (unpaired) electrons. The summed E-state index contributed by atoms with van der Waals surface area (Å²) in [5.74, 6) is -0.244. The fraction of sp³-hybridized carbons (Fsp3) is 0.281. The molecule has 4 aromatic rings. The Labute approximate surface area is 248 Å². The highest BCUT2D eigenvalue weighted by atomic mass is 32.1. The number of likely N-dealkylation sites (N-methyl/N-ethyl adjacent to an activating group) is 1. The van der Waals surface area contributed by atoms with E-state index >= 15 is 0 Å². The van der Waals surface area contributed by atoms with Gasteiger partial charge >= 0.3 is 6.03 Å². The largest absolute Gasteiger partial charge is 0.508 e. The summed E-state index contributed by atoms with van der Waals surface area (Å²) in [4.78, 5) is 45.1. The number of benzene rings is 3. The van der Waals surface area contributed by atoms with E-state index in [1.54, 1.807) is 57.6 Å². The molecule has 0 spiro atoms. The van der Waals surface area contributed by atoms with E-state index in [1.165, 1.54) is 0 Å². The first-order valence-electron chi connectivity index (χ1n) is 14.0. The number of nitrogens with zero attached hydrogens (tertiary/aromatic N) is 4. The number of urea groups is 1. The number of hydrogen-bond acceptors (Lipinski definition) is 6. The molecule has 6 rings (SSSR count). The number of hydrazine groups is 1. The number of thiophene rings is 1. The molecule has 0 saturated carbocycles. The number of nitrogens with one attached hydrogen (secondary N) is 1. The summed E-state index contributed by atoms with van der Waals surface area (Å²) < 4.78 is 1.14. The minimum atomic E-state index is -0.814. The van der Waals surface area contributed by atoms with Gasteiger partial charge in [0.05, 0.1) is 12.6 Å². The molecule has 2 N–H and O–H groups in total. The maximum Gasteiger partial charge on any atom is 0.334 e. The summed E-state index contributed by atoms with van der Waals surface area (Å²) in [6.07, 6.45) is -0.449. The molecule has 2 aliphatic rings. The summed E-state index contributed by atoms with van der Waals surface area (Å²) in [6, 6.07) is 22.8. The molecule has 9 nitrogen and oxygen atoms in total. The van der Waals surface area contributed by atoms with Crippen molar-refractivity contribution < 1.29 is 19.5 Å². The van der Waals surface area contributed by atoms with Crippen molar-refractivity contribution in [2.45, 2.75) is 44.7 Å². The maximum absolute atomic E-state index is 14.3. The summed E-state index contributed by atoms with van der Waals surface area (Å²) in [7, 11) is 1.73. The van der Waals surface area contributed by atoms with Gasteiger partial charge in [-0.05, 0) is 52.6 Å². The Kier molecular flexibility index (Phi) is 7.57. The van der Waals surface area contributed by atoms with E-state index < -0.39 is 18.2 Å². The quantitative estimate of drug-likeness (QED) is 0.355. The van der Waals surface area contributed by atoms with Gasteiger partial charge < -0.3 is 20.2 Å². The standard InChI is InChI=1S/C32H33N5O4S/c1-21-30-36(29(39)19-34(2)37(30)32(41)33-17-23-8-4-3-5-9-23)27(16-22-12-14-25(38)15-13-22)31(40)35(21)18-24-20-42-28-11-7-6-10-26(24)28/h3-15,20-21,27,30,38H,16-19H2,1-2H3,(H,33,41)/t21-,27-,30?/m0/s1. The van der Waals surface area contributed by atoms with Gasteiger partial charge in [-0.15, -0.1) is 11.3 Å². The summed E-state index contributed by atoms with van der Waals surface area (Å²) >= 11 is 1.63. The lowest BCUT2D eigenvalue weighted by Crippen LogP contribution is -2.78. The second-order valence-corrected chi connectivity index (χ2v) is 11.8. The number of carbonyl (C=O) groups excluding carboxylic acids is 3. The molecule has 3 aromatic carbocycles. The van der Waals surface area contributed by atoms with Crippen molar-refractivity contribution in [1.29, 1.82) is 0 Å². The van der Waals surface area contributed by atoms with Crippen LogP contribution >= 0.6 is 11.3 Å². The Bertz CT molecular complexity index is 1610. The Balaban J connectivity index is 1.36. The third-order valence-electron chi connectivity index (χ3n) is 8.14. The average molecular weight is 584 g/mol. The molecule has 0 aliphatic carbocycles. The van der Waals surface area contributed by atoms with E-state index in [-0.39, 0.29) is 36.6 Å².